The number of hydrogen-bond donors (Lipinski definition) is 1. The highest BCUT2D eigenvalue weighted by molar-refractivity contribution is 5.82. The van der Waals surface area contributed by atoms with Gasteiger partial charge in [0.2, 0.25) is 0 Å². The minimum Gasteiger partial charge on any atom is -0.450 e. The molecule has 0 saturated carbocycles. The van der Waals surface area contributed by atoms with Crippen molar-refractivity contribution in [3.05, 3.63) is 48.0 Å². The summed E-state index contributed by atoms with van der Waals surface area (Å²) in [4.78, 5) is 10.2. The SMILES string of the molecule is O=C(O)OCc1ccc2ccccc2c1. The number of carboxylic acid groups (broad SMARTS) is 1. The van der Waals surface area contributed by atoms with Gasteiger partial charge in [0.05, 0.1) is 0 Å². The van der Waals surface area contributed by atoms with Crippen molar-refractivity contribution in [3.63, 3.8) is 0 Å². The predicted molar refractivity (Wildman–Crippen MR) is 56.8 cm³/mol. The molecule has 3 heteroatoms. The van der Waals surface area contributed by atoms with Gasteiger partial charge in [-0.2, -0.15) is 0 Å². The molecular weight excluding hydrogens is 192 g/mol. The fourth-order valence-corrected chi connectivity index (χ4v) is 1.47. The van der Waals surface area contributed by atoms with E-state index in [1.54, 1.807) is 0 Å². The Hall–Kier alpha value is -2.03. The molecule has 1 N–H and O–H groups in total. The van der Waals surface area contributed by atoms with Gasteiger partial charge < -0.3 is 9.84 Å². The summed E-state index contributed by atoms with van der Waals surface area (Å²) in [6.45, 7) is 0.0974. The van der Waals surface area contributed by atoms with Gasteiger partial charge in [-0.25, -0.2) is 4.79 Å². The first-order valence-corrected chi connectivity index (χ1v) is 4.59. The molecule has 2 aromatic rings. The van der Waals surface area contributed by atoms with Crippen LogP contribution in [0.1, 0.15) is 5.56 Å². The molecule has 0 aromatic heterocycles. The Bertz CT molecular complexity index is 491. The molecule has 0 atom stereocenters. The van der Waals surface area contributed by atoms with E-state index in [0.29, 0.717) is 0 Å². The maximum absolute atomic E-state index is 10.2. The molecule has 0 aliphatic heterocycles. The van der Waals surface area contributed by atoms with E-state index in [9.17, 15) is 4.79 Å². The van der Waals surface area contributed by atoms with Crippen LogP contribution in [0.15, 0.2) is 42.5 Å². The van der Waals surface area contributed by atoms with Gasteiger partial charge in [-0.15, -0.1) is 0 Å². The van der Waals surface area contributed by atoms with Crippen molar-refractivity contribution in [2.45, 2.75) is 6.61 Å². The Kier molecular flexibility index (Phi) is 2.54. The lowest BCUT2D eigenvalue weighted by Crippen LogP contribution is -1.99. The molecule has 0 spiro atoms. The van der Waals surface area contributed by atoms with Crippen LogP contribution in [0.25, 0.3) is 10.8 Å². The minimum atomic E-state index is -1.25. The maximum atomic E-state index is 10.2. The van der Waals surface area contributed by atoms with Crippen LogP contribution in [-0.2, 0) is 11.3 Å². The molecule has 0 amide bonds. The fourth-order valence-electron chi connectivity index (χ4n) is 1.47. The van der Waals surface area contributed by atoms with E-state index in [4.69, 9.17) is 5.11 Å². The number of rotatable bonds is 2. The lowest BCUT2D eigenvalue weighted by atomic mass is 10.1. The van der Waals surface area contributed by atoms with E-state index in [0.717, 1.165) is 16.3 Å². The zero-order valence-electron chi connectivity index (χ0n) is 8.01. The average Bonchev–Trinajstić information content (AvgIpc) is 2.26. The van der Waals surface area contributed by atoms with Crippen LogP contribution < -0.4 is 0 Å². The molecule has 15 heavy (non-hydrogen) atoms. The number of carbonyl (C=O) groups is 1. The molecule has 0 unspecified atom stereocenters. The van der Waals surface area contributed by atoms with Gasteiger partial charge in [0, 0.05) is 0 Å². The summed E-state index contributed by atoms with van der Waals surface area (Å²) in [5.41, 5.74) is 0.858. The molecule has 3 nitrogen and oxygen atoms in total. The second-order valence-corrected chi connectivity index (χ2v) is 3.24. The van der Waals surface area contributed by atoms with Crippen molar-refractivity contribution in [1.82, 2.24) is 0 Å². The third-order valence-electron chi connectivity index (χ3n) is 2.18. The Morgan fingerprint density at radius 3 is 2.60 bits per heavy atom. The molecule has 0 bridgehead atoms. The molecule has 0 fully saturated rings. The topological polar surface area (TPSA) is 46.5 Å². The first-order valence-electron chi connectivity index (χ1n) is 4.59. The Balaban J connectivity index is 2.26. The van der Waals surface area contributed by atoms with Gasteiger partial charge in [0.15, 0.2) is 0 Å². The van der Waals surface area contributed by atoms with E-state index in [2.05, 4.69) is 4.74 Å². The zero-order chi connectivity index (χ0) is 10.7. The van der Waals surface area contributed by atoms with Crippen LogP contribution in [0, 0.1) is 0 Å². The van der Waals surface area contributed by atoms with Crippen LogP contribution in [0.4, 0.5) is 4.79 Å². The molecule has 2 rings (SSSR count). The van der Waals surface area contributed by atoms with Crippen LogP contribution in [0.5, 0.6) is 0 Å². The molecule has 0 aliphatic rings. The zero-order valence-corrected chi connectivity index (χ0v) is 8.01. The van der Waals surface area contributed by atoms with E-state index >= 15 is 0 Å². The second kappa shape index (κ2) is 4.00. The molecule has 76 valence electrons. The average molecular weight is 202 g/mol. The van der Waals surface area contributed by atoms with Crippen molar-refractivity contribution >= 4 is 16.9 Å². The first kappa shape index (κ1) is 9.52. The Morgan fingerprint density at radius 2 is 1.87 bits per heavy atom. The van der Waals surface area contributed by atoms with Crippen molar-refractivity contribution in [2.75, 3.05) is 0 Å². The third kappa shape index (κ3) is 2.26. The highest BCUT2D eigenvalue weighted by Gasteiger charge is 1.99. The minimum absolute atomic E-state index is 0.0974. The Labute approximate surface area is 86.9 Å². The predicted octanol–water partition coefficient (Wildman–Crippen LogP) is 3.03. The van der Waals surface area contributed by atoms with E-state index < -0.39 is 6.16 Å². The van der Waals surface area contributed by atoms with Crippen molar-refractivity contribution in [1.29, 1.82) is 0 Å². The lowest BCUT2D eigenvalue weighted by Gasteiger charge is -2.02. The monoisotopic (exact) mass is 202 g/mol. The Morgan fingerprint density at radius 1 is 1.13 bits per heavy atom. The summed E-state index contributed by atoms with van der Waals surface area (Å²) in [6.07, 6.45) is -1.25. The lowest BCUT2D eigenvalue weighted by molar-refractivity contribution is 0.0854. The van der Waals surface area contributed by atoms with Gasteiger partial charge in [-0.3, -0.25) is 0 Å². The summed E-state index contributed by atoms with van der Waals surface area (Å²) < 4.78 is 4.49. The van der Waals surface area contributed by atoms with Crippen molar-refractivity contribution < 1.29 is 14.6 Å². The van der Waals surface area contributed by atoms with Gasteiger partial charge in [-0.05, 0) is 22.4 Å². The van der Waals surface area contributed by atoms with E-state index in [1.807, 2.05) is 42.5 Å². The summed E-state index contributed by atoms with van der Waals surface area (Å²) in [5, 5.41) is 10.6. The standard InChI is InChI=1S/C12H10O3/c13-12(14)15-8-9-5-6-10-3-1-2-4-11(10)7-9/h1-7H,8H2,(H,13,14). The van der Waals surface area contributed by atoms with Gasteiger partial charge in [-0.1, -0.05) is 36.4 Å². The largest absolute Gasteiger partial charge is 0.506 e. The summed E-state index contributed by atoms with van der Waals surface area (Å²) in [6, 6.07) is 13.7. The molecule has 0 heterocycles. The summed E-state index contributed by atoms with van der Waals surface area (Å²) in [7, 11) is 0. The molecule has 0 radical (unpaired) electrons. The van der Waals surface area contributed by atoms with Crippen LogP contribution in [0.3, 0.4) is 0 Å². The summed E-state index contributed by atoms with van der Waals surface area (Å²) >= 11 is 0. The number of fused-ring (bicyclic) bond motifs is 1. The van der Waals surface area contributed by atoms with E-state index in [-0.39, 0.29) is 6.61 Å². The number of benzene rings is 2. The molecule has 0 saturated heterocycles. The van der Waals surface area contributed by atoms with Gasteiger partial charge in [0.1, 0.15) is 6.61 Å². The normalized spacial score (nSPS) is 10.1. The highest BCUT2D eigenvalue weighted by atomic mass is 16.7. The van der Waals surface area contributed by atoms with Crippen molar-refractivity contribution in [2.24, 2.45) is 0 Å². The number of hydrogen-bond acceptors (Lipinski definition) is 2. The maximum Gasteiger partial charge on any atom is 0.506 e. The third-order valence-corrected chi connectivity index (χ3v) is 2.18. The van der Waals surface area contributed by atoms with Crippen LogP contribution in [-0.4, -0.2) is 11.3 Å². The van der Waals surface area contributed by atoms with E-state index in [1.165, 1.54) is 0 Å². The molecule has 0 aliphatic carbocycles. The van der Waals surface area contributed by atoms with Gasteiger partial charge in [0.25, 0.3) is 0 Å². The quantitative estimate of drug-likeness (QED) is 0.761. The number of ether oxygens (including phenoxy) is 1. The fraction of sp³-hybridized carbons (Fsp3) is 0.0833. The van der Waals surface area contributed by atoms with Crippen LogP contribution >= 0.6 is 0 Å². The molecule has 2 aromatic carbocycles. The van der Waals surface area contributed by atoms with Crippen molar-refractivity contribution in [3.8, 4) is 0 Å². The smallest absolute Gasteiger partial charge is 0.450 e. The first-order chi connectivity index (χ1) is 7.25. The van der Waals surface area contributed by atoms with Crippen LogP contribution in [0.2, 0.25) is 0 Å². The van der Waals surface area contributed by atoms with Gasteiger partial charge >= 0.3 is 6.16 Å². The highest BCUT2D eigenvalue weighted by Crippen LogP contribution is 2.16. The second-order valence-electron chi connectivity index (χ2n) is 3.24. The molecular formula is C12H10O3. The summed E-state index contributed by atoms with van der Waals surface area (Å²) in [5.74, 6) is 0.